The first-order valence-electron chi connectivity index (χ1n) is 5.31. The highest BCUT2D eigenvalue weighted by Crippen LogP contribution is 2.10. The maximum absolute atomic E-state index is 4.40. The van der Waals surface area contributed by atoms with Crippen molar-refractivity contribution in [2.75, 3.05) is 0 Å². The zero-order valence-electron chi connectivity index (χ0n) is 9.25. The molecule has 2 aromatic rings. The summed E-state index contributed by atoms with van der Waals surface area (Å²) in [5.41, 5.74) is 3.84. The summed E-state index contributed by atoms with van der Waals surface area (Å²) in [6.45, 7) is 4.16. The lowest BCUT2D eigenvalue weighted by Crippen LogP contribution is -1.95. The monoisotopic (exact) mass is 200 g/mol. The molecule has 1 aromatic heterocycles. The number of hydrogen-bond donors (Lipinski definition) is 1. The Labute approximate surface area is 90.4 Å². The molecule has 2 nitrogen and oxygen atoms in total. The van der Waals surface area contributed by atoms with Crippen molar-refractivity contribution in [2.24, 2.45) is 0 Å². The molecule has 1 N–H and O–H groups in total. The fourth-order valence-electron chi connectivity index (χ4n) is 1.74. The Kier molecular flexibility index (Phi) is 2.86. The van der Waals surface area contributed by atoms with Gasteiger partial charge < -0.3 is 4.98 Å². The van der Waals surface area contributed by atoms with Gasteiger partial charge >= 0.3 is 0 Å². The van der Waals surface area contributed by atoms with E-state index in [-0.39, 0.29) is 0 Å². The molecule has 0 aliphatic heterocycles. The maximum atomic E-state index is 4.40. The molecule has 2 heteroatoms. The summed E-state index contributed by atoms with van der Waals surface area (Å²) < 4.78 is 0. The molecule has 1 aromatic carbocycles. The highest BCUT2D eigenvalue weighted by Gasteiger charge is 2.00. The molecule has 0 aliphatic rings. The molecular weight excluding hydrogens is 184 g/mol. The van der Waals surface area contributed by atoms with E-state index >= 15 is 0 Å². The van der Waals surface area contributed by atoms with Crippen LogP contribution >= 0.6 is 0 Å². The van der Waals surface area contributed by atoms with Crippen molar-refractivity contribution in [3.63, 3.8) is 0 Å². The zero-order valence-corrected chi connectivity index (χ0v) is 9.25. The van der Waals surface area contributed by atoms with Gasteiger partial charge in [-0.05, 0) is 31.4 Å². The number of hydrogen-bond acceptors (Lipinski definition) is 1. The standard InChI is InChI=1S/C13H16N2/c1-10-5-3-4-6-12(10)7-8-13-14-9-11(2)15-13/h3-6,9H,7-8H2,1-2H3,(H,14,15). The van der Waals surface area contributed by atoms with Crippen molar-refractivity contribution in [1.82, 2.24) is 9.97 Å². The van der Waals surface area contributed by atoms with Gasteiger partial charge in [0.1, 0.15) is 5.82 Å². The normalized spacial score (nSPS) is 10.5. The molecule has 78 valence electrons. The Bertz CT molecular complexity index is 443. The minimum Gasteiger partial charge on any atom is -0.348 e. The first-order chi connectivity index (χ1) is 7.25. The van der Waals surface area contributed by atoms with E-state index in [9.17, 15) is 0 Å². The molecule has 0 amide bonds. The minimum atomic E-state index is 0.985. The topological polar surface area (TPSA) is 28.7 Å². The van der Waals surface area contributed by atoms with Gasteiger partial charge in [0.05, 0.1) is 5.69 Å². The fourth-order valence-corrected chi connectivity index (χ4v) is 1.74. The second-order valence-electron chi connectivity index (χ2n) is 3.92. The van der Waals surface area contributed by atoms with Gasteiger partial charge in [0, 0.05) is 12.6 Å². The molecule has 0 unspecified atom stereocenters. The molecule has 0 spiro atoms. The van der Waals surface area contributed by atoms with E-state index in [1.807, 2.05) is 13.1 Å². The predicted octanol–water partition coefficient (Wildman–Crippen LogP) is 2.81. The SMILES string of the molecule is Cc1c[nH]c(CCc2ccccc2C)n1. The largest absolute Gasteiger partial charge is 0.348 e. The van der Waals surface area contributed by atoms with Crippen LogP contribution in [0, 0.1) is 13.8 Å². The van der Waals surface area contributed by atoms with Crippen LogP contribution in [-0.2, 0) is 12.8 Å². The third-order valence-corrected chi connectivity index (χ3v) is 2.65. The molecule has 0 fully saturated rings. The third kappa shape index (κ3) is 2.46. The van der Waals surface area contributed by atoms with Gasteiger partial charge in [0.15, 0.2) is 0 Å². The Morgan fingerprint density at radius 2 is 1.93 bits per heavy atom. The summed E-state index contributed by atoms with van der Waals surface area (Å²) in [6.07, 6.45) is 3.99. The number of H-pyrrole nitrogens is 1. The van der Waals surface area contributed by atoms with Gasteiger partial charge in [-0.25, -0.2) is 4.98 Å². The predicted molar refractivity (Wildman–Crippen MR) is 61.9 cm³/mol. The van der Waals surface area contributed by atoms with E-state index in [0.717, 1.165) is 24.4 Å². The molecule has 0 bridgehead atoms. The molecule has 2 rings (SSSR count). The smallest absolute Gasteiger partial charge is 0.106 e. The molecule has 0 saturated heterocycles. The molecular formula is C13H16N2. The molecule has 0 aliphatic carbocycles. The number of benzene rings is 1. The second kappa shape index (κ2) is 4.30. The average molecular weight is 200 g/mol. The van der Waals surface area contributed by atoms with Crippen LogP contribution in [0.4, 0.5) is 0 Å². The van der Waals surface area contributed by atoms with Gasteiger partial charge in [-0.2, -0.15) is 0 Å². The van der Waals surface area contributed by atoms with Gasteiger partial charge in [0.2, 0.25) is 0 Å². The van der Waals surface area contributed by atoms with Crippen LogP contribution in [0.5, 0.6) is 0 Å². The van der Waals surface area contributed by atoms with Crippen molar-refractivity contribution in [3.8, 4) is 0 Å². The molecule has 0 radical (unpaired) electrons. The van der Waals surface area contributed by atoms with E-state index in [1.54, 1.807) is 0 Å². The zero-order chi connectivity index (χ0) is 10.7. The molecule has 0 saturated carbocycles. The summed E-state index contributed by atoms with van der Waals surface area (Å²) >= 11 is 0. The molecule has 15 heavy (non-hydrogen) atoms. The van der Waals surface area contributed by atoms with Gasteiger partial charge in [0.25, 0.3) is 0 Å². The second-order valence-corrected chi connectivity index (χ2v) is 3.92. The minimum absolute atomic E-state index is 0.985. The lowest BCUT2D eigenvalue weighted by atomic mass is 10.0. The summed E-state index contributed by atoms with van der Waals surface area (Å²) in [4.78, 5) is 7.58. The van der Waals surface area contributed by atoms with Gasteiger partial charge in [-0.1, -0.05) is 24.3 Å². The number of rotatable bonds is 3. The Balaban J connectivity index is 2.02. The van der Waals surface area contributed by atoms with E-state index < -0.39 is 0 Å². The van der Waals surface area contributed by atoms with E-state index in [0.29, 0.717) is 0 Å². The highest BCUT2D eigenvalue weighted by atomic mass is 14.9. The Hall–Kier alpha value is -1.57. The number of imidazole rings is 1. The van der Waals surface area contributed by atoms with Crippen LogP contribution in [0.3, 0.4) is 0 Å². The average Bonchev–Trinajstić information content (AvgIpc) is 2.63. The number of aromatic nitrogens is 2. The number of aryl methyl sites for hydroxylation is 4. The van der Waals surface area contributed by atoms with Crippen LogP contribution in [0.25, 0.3) is 0 Å². The summed E-state index contributed by atoms with van der Waals surface area (Å²) in [5, 5.41) is 0. The number of nitrogens with zero attached hydrogens (tertiary/aromatic N) is 1. The first kappa shape index (κ1) is 9.97. The van der Waals surface area contributed by atoms with Crippen LogP contribution in [-0.4, -0.2) is 9.97 Å². The van der Waals surface area contributed by atoms with E-state index in [4.69, 9.17) is 0 Å². The van der Waals surface area contributed by atoms with Crippen LogP contribution in [0.1, 0.15) is 22.6 Å². The van der Waals surface area contributed by atoms with Crippen molar-refractivity contribution in [3.05, 3.63) is 53.1 Å². The Morgan fingerprint density at radius 3 is 2.60 bits per heavy atom. The number of aromatic amines is 1. The lowest BCUT2D eigenvalue weighted by Gasteiger charge is -2.03. The fraction of sp³-hybridized carbons (Fsp3) is 0.308. The van der Waals surface area contributed by atoms with E-state index in [1.165, 1.54) is 11.1 Å². The summed E-state index contributed by atoms with van der Waals surface area (Å²) in [6, 6.07) is 8.51. The third-order valence-electron chi connectivity index (χ3n) is 2.65. The van der Waals surface area contributed by atoms with Crippen molar-refractivity contribution in [1.29, 1.82) is 0 Å². The van der Waals surface area contributed by atoms with Crippen molar-refractivity contribution < 1.29 is 0 Å². The molecule has 1 heterocycles. The quantitative estimate of drug-likeness (QED) is 0.811. The van der Waals surface area contributed by atoms with Crippen LogP contribution < -0.4 is 0 Å². The maximum Gasteiger partial charge on any atom is 0.106 e. The van der Waals surface area contributed by atoms with Crippen LogP contribution in [0.2, 0.25) is 0 Å². The van der Waals surface area contributed by atoms with Crippen molar-refractivity contribution in [2.45, 2.75) is 26.7 Å². The first-order valence-corrected chi connectivity index (χ1v) is 5.31. The number of nitrogens with one attached hydrogen (secondary N) is 1. The van der Waals surface area contributed by atoms with Gasteiger partial charge in [-0.3, -0.25) is 0 Å². The van der Waals surface area contributed by atoms with Crippen LogP contribution in [0.15, 0.2) is 30.5 Å². The molecule has 0 atom stereocenters. The summed E-state index contributed by atoms with van der Waals surface area (Å²) in [5.74, 6) is 1.08. The Morgan fingerprint density at radius 1 is 1.13 bits per heavy atom. The summed E-state index contributed by atoms with van der Waals surface area (Å²) in [7, 11) is 0. The van der Waals surface area contributed by atoms with E-state index in [2.05, 4.69) is 41.2 Å². The highest BCUT2D eigenvalue weighted by molar-refractivity contribution is 5.26. The van der Waals surface area contributed by atoms with Crippen molar-refractivity contribution >= 4 is 0 Å². The van der Waals surface area contributed by atoms with Gasteiger partial charge in [-0.15, -0.1) is 0 Å². The lowest BCUT2D eigenvalue weighted by molar-refractivity contribution is 0.875.